The maximum absolute atomic E-state index is 9.38. The number of hydrogen-bond acceptors (Lipinski definition) is 2. The van der Waals surface area contributed by atoms with Gasteiger partial charge in [0.15, 0.2) is 0 Å². The molecule has 1 N–H and O–H groups in total. The molecule has 0 radical (unpaired) electrons. The molecule has 12 heavy (non-hydrogen) atoms. The fourth-order valence-corrected chi connectivity index (χ4v) is 1.50. The molecular weight excluding hydrogens is 152 g/mol. The molecule has 2 heteroatoms. The molecule has 1 fully saturated rings. The van der Waals surface area contributed by atoms with Crippen LogP contribution in [0.3, 0.4) is 0 Å². The standard InChI is InChI=1S/C10H18O2/c1-7(2)6-9-4-5-10(11)8(3)12-9/h6,8-11H,4-5H2,1-3H3/t8-,9?,10?/m0/s1. The Balaban J connectivity index is 2.46. The molecule has 3 atom stereocenters. The second-order valence-corrected chi connectivity index (χ2v) is 3.77. The highest BCUT2D eigenvalue weighted by Crippen LogP contribution is 2.20. The third-order valence-corrected chi connectivity index (χ3v) is 2.20. The molecule has 0 amide bonds. The van der Waals surface area contributed by atoms with E-state index in [0.717, 1.165) is 12.8 Å². The van der Waals surface area contributed by atoms with Crippen LogP contribution in [0.2, 0.25) is 0 Å². The van der Waals surface area contributed by atoms with Gasteiger partial charge in [-0.3, -0.25) is 0 Å². The average molecular weight is 170 g/mol. The quantitative estimate of drug-likeness (QED) is 0.609. The molecule has 0 bridgehead atoms. The highest BCUT2D eigenvalue weighted by molar-refractivity contribution is 5.00. The van der Waals surface area contributed by atoms with E-state index in [1.807, 2.05) is 6.92 Å². The van der Waals surface area contributed by atoms with Crippen LogP contribution in [0.5, 0.6) is 0 Å². The summed E-state index contributed by atoms with van der Waals surface area (Å²) in [5.74, 6) is 0. The molecule has 2 nitrogen and oxygen atoms in total. The Bertz CT molecular complexity index is 171. The summed E-state index contributed by atoms with van der Waals surface area (Å²) >= 11 is 0. The first kappa shape index (κ1) is 9.75. The lowest BCUT2D eigenvalue weighted by Gasteiger charge is -2.30. The third kappa shape index (κ3) is 2.61. The predicted octanol–water partition coefficient (Wildman–Crippen LogP) is 1.88. The largest absolute Gasteiger partial charge is 0.390 e. The van der Waals surface area contributed by atoms with Crippen molar-refractivity contribution < 1.29 is 9.84 Å². The second kappa shape index (κ2) is 4.06. The van der Waals surface area contributed by atoms with E-state index in [9.17, 15) is 5.11 Å². The van der Waals surface area contributed by atoms with Crippen LogP contribution in [0.4, 0.5) is 0 Å². The van der Waals surface area contributed by atoms with E-state index < -0.39 is 0 Å². The van der Waals surface area contributed by atoms with Gasteiger partial charge in [0.05, 0.1) is 18.3 Å². The summed E-state index contributed by atoms with van der Waals surface area (Å²) in [7, 11) is 0. The summed E-state index contributed by atoms with van der Waals surface area (Å²) in [5.41, 5.74) is 1.28. The summed E-state index contributed by atoms with van der Waals surface area (Å²) in [4.78, 5) is 0. The lowest BCUT2D eigenvalue weighted by Crippen LogP contribution is -2.35. The summed E-state index contributed by atoms with van der Waals surface area (Å²) in [6.45, 7) is 6.06. The van der Waals surface area contributed by atoms with Crippen molar-refractivity contribution in [1.82, 2.24) is 0 Å². The van der Waals surface area contributed by atoms with E-state index in [1.165, 1.54) is 5.57 Å². The molecule has 1 rings (SSSR count). The van der Waals surface area contributed by atoms with Crippen LogP contribution in [0.25, 0.3) is 0 Å². The van der Waals surface area contributed by atoms with Gasteiger partial charge in [0.25, 0.3) is 0 Å². The minimum absolute atomic E-state index is 0.0145. The third-order valence-electron chi connectivity index (χ3n) is 2.20. The molecule has 1 saturated heterocycles. The summed E-state index contributed by atoms with van der Waals surface area (Å²) < 4.78 is 5.58. The van der Waals surface area contributed by atoms with E-state index in [2.05, 4.69) is 19.9 Å². The van der Waals surface area contributed by atoms with Crippen LogP contribution < -0.4 is 0 Å². The van der Waals surface area contributed by atoms with Gasteiger partial charge in [-0.1, -0.05) is 11.6 Å². The smallest absolute Gasteiger partial charge is 0.0813 e. The zero-order valence-electron chi connectivity index (χ0n) is 8.08. The Hall–Kier alpha value is -0.340. The van der Waals surface area contributed by atoms with Gasteiger partial charge in [-0.25, -0.2) is 0 Å². The van der Waals surface area contributed by atoms with Crippen LogP contribution in [-0.4, -0.2) is 23.4 Å². The van der Waals surface area contributed by atoms with Gasteiger partial charge in [0, 0.05) is 0 Å². The van der Waals surface area contributed by atoms with Crippen molar-refractivity contribution in [3.63, 3.8) is 0 Å². The van der Waals surface area contributed by atoms with Crippen molar-refractivity contribution in [3.8, 4) is 0 Å². The lowest BCUT2D eigenvalue weighted by atomic mass is 10.0. The lowest BCUT2D eigenvalue weighted by molar-refractivity contribution is -0.0912. The second-order valence-electron chi connectivity index (χ2n) is 3.77. The van der Waals surface area contributed by atoms with Crippen LogP contribution in [0.1, 0.15) is 33.6 Å². The van der Waals surface area contributed by atoms with Gasteiger partial charge in [-0.15, -0.1) is 0 Å². The maximum atomic E-state index is 9.38. The zero-order valence-corrected chi connectivity index (χ0v) is 8.08. The average Bonchev–Trinajstić information content (AvgIpc) is 1.96. The molecule has 1 aliphatic heterocycles. The van der Waals surface area contributed by atoms with Crippen LogP contribution in [0, 0.1) is 0 Å². The molecule has 0 spiro atoms. The highest BCUT2D eigenvalue weighted by Gasteiger charge is 2.24. The van der Waals surface area contributed by atoms with Gasteiger partial charge in [-0.05, 0) is 33.6 Å². The van der Waals surface area contributed by atoms with Crippen LogP contribution in [-0.2, 0) is 4.74 Å². The Morgan fingerprint density at radius 3 is 2.58 bits per heavy atom. The Morgan fingerprint density at radius 2 is 2.08 bits per heavy atom. The molecular formula is C10H18O2. The van der Waals surface area contributed by atoms with Crippen molar-refractivity contribution in [2.75, 3.05) is 0 Å². The summed E-state index contributed by atoms with van der Waals surface area (Å²) in [5, 5.41) is 9.38. The van der Waals surface area contributed by atoms with Gasteiger partial charge in [0.2, 0.25) is 0 Å². The first-order chi connectivity index (χ1) is 5.59. The number of allylic oxidation sites excluding steroid dienone is 1. The SMILES string of the molecule is CC(C)=CC1CCC(O)[C@H](C)O1. The van der Waals surface area contributed by atoms with Gasteiger partial charge in [0.1, 0.15) is 0 Å². The molecule has 70 valence electrons. The number of aliphatic hydroxyl groups is 1. The van der Waals surface area contributed by atoms with Crippen molar-refractivity contribution in [2.24, 2.45) is 0 Å². The molecule has 0 aromatic heterocycles. The van der Waals surface area contributed by atoms with E-state index in [-0.39, 0.29) is 18.3 Å². The summed E-state index contributed by atoms with van der Waals surface area (Å²) in [6.07, 6.45) is 3.86. The maximum Gasteiger partial charge on any atom is 0.0813 e. The minimum atomic E-state index is -0.271. The van der Waals surface area contributed by atoms with Crippen molar-refractivity contribution in [3.05, 3.63) is 11.6 Å². The van der Waals surface area contributed by atoms with Gasteiger partial charge in [-0.2, -0.15) is 0 Å². The van der Waals surface area contributed by atoms with Gasteiger partial charge >= 0.3 is 0 Å². The number of hydrogen-bond donors (Lipinski definition) is 1. The Morgan fingerprint density at radius 1 is 1.42 bits per heavy atom. The van der Waals surface area contributed by atoms with Crippen molar-refractivity contribution in [1.29, 1.82) is 0 Å². The Kier molecular flexibility index (Phi) is 3.29. The fourth-order valence-electron chi connectivity index (χ4n) is 1.50. The molecule has 0 aliphatic carbocycles. The molecule has 0 aromatic carbocycles. The summed E-state index contributed by atoms with van der Waals surface area (Å²) in [6, 6.07) is 0. The predicted molar refractivity (Wildman–Crippen MR) is 49.0 cm³/mol. The minimum Gasteiger partial charge on any atom is -0.390 e. The molecule has 0 aromatic rings. The number of ether oxygens (including phenoxy) is 1. The van der Waals surface area contributed by atoms with E-state index in [4.69, 9.17) is 4.74 Å². The molecule has 0 saturated carbocycles. The first-order valence-electron chi connectivity index (χ1n) is 4.58. The number of rotatable bonds is 1. The van der Waals surface area contributed by atoms with Crippen molar-refractivity contribution >= 4 is 0 Å². The molecule has 1 aliphatic rings. The molecule has 1 heterocycles. The monoisotopic (exact) mass is 170 g/mol. The van der Waals surface area contributed by atoms with E-state index in [1.54, 1.807) is 0 Å². The number of aliphatic hydroxyl groups excluding tert-OH is 1. The van der Waals surface area contributed by atoms with Crippen LogP contribution >= 0.6 is 0 Å². The Labute approximate surface area is 74.2 Å². The van der Waals surface area contributed by atoms with Crippen molar-refractivity contribution in [2.45, 2.75) is 51.9 Å². The van der Waals surface area contributed by atoms with E-state index >= 15 is 0 Å². The zero-order chi connectivity index (χ0) is 9.14. The molecule has 2 unspecified atom stereocenters. The fraction of sp³-hybridized carbons (Fsp3) is 0.800. The highest BCUT2D eigenvalue weighted by atomic mass is 16.5. The normalized spacial score (nSPS) is 36.2. The van der Waals surface area contributed by atoms with E-state index in [0.29, 0.717) is 0 Å². The topological polar surface area (TPSA) is 29.5 Å². The van der Waals surface area contributed by atoms with Gasteiger partial charge < -0.3 is 9.84 Å². The van der Waals surface area contributed by atoms with Crippen LogP contribution in [0.15, 0.2) is 11.6 Å². The first-order valence-corrected chi connectivity index (χ1v) is 4.58.